The Bertz CT molecular complexity index is 814. The molecule has 128 valence electrons. The van der Waals surface area contributed by atoms with Crippen LogP contribution in [0.5, 0.6) is 0 Å². The van der Waals surface area contributed by atoms with Crippen LogP contribution in [0.25, 0.3) is 6.08 Å². The summed E-state index contributed by atoms with van der Waals surface area (Å²) in [5.74, 6) is -0.763. The first kappa shape index (κ1) is 17.2. The number of benzene rings is 2. The molecule has 2 aromatic rings. The van der Waals surface area contributed by atoms with Crippen LogP contribution in [0.15, 0.2) is 54.6 Å². The summed E-state index contributed by atoms with van der Waals surface area (Å²) >= 11 is 5.82. The monoisotopic (exact) mass is 355 g/mol. The Hall–Kier alpha value is -2.59. The minimum Gasteiger partial charge on any atom is -0.449 e. The van der Waals surface area contributed by atoms with Crippen molar-refractivity contribution in [2.24, 2.45) is 0 Å². The summed E-state index contributed by atoms with van der Waals surface area (Å²) < 4.78 is 5.24. The summed E-state index contributed by atoms with van der Waals surface area (Å²) in [5.41, 5.74) is 2.86. The summed E-state index contributed by atoms with van der Waals surface area (Å²) in [6, 6.07) is 14.8. The lowest BCUT2D eigenvalue weighted by Gasteiger charge is -2.21. The number of ether oxygens (including phenoxy) is 1. The number of amides is 1. The molecular formula is C20H18ClNO3. The maximum absolute atomic E-state index is 12.6. The van der Waals surface area contributed by atoms with Gasteiger partial charge in [-0.2, -0.15) is 0 Å². The number of rotatable bonds is 4. The molecule has 0 bridgehead atoms. The van der Waals surface area contributed by atoms with Gasteiger partial charge in [0, 0.05) is 23.3 Å². The second-order valence-electron chi connectivity index (χ2n) is 5.83. The molecule has 1 atom stereocenters. The first-order chi connectivity index (χ1) is 12.0. The van der Waals surface area contributed by atoms with E-state index in [1.165, 1.54) is 6.08 Å². The fraction of sp³-hybridized carbons (Fsp3) is 0.200. The van der Waals surface area contributed by atoms with Crippen molar-refractivity contribution in [1.29, 1.82) is 0 Å². The number of esters is 1. The second kappa shape index (κ2) is 7.53. The Morgan fingerprint density at radius 1 is 1.16 bits per heavy atom. The van der Waals surface area contributed by atoms with Crippen LogP contribution >= 0.6 is 11.6 Å². The van der Waals surface area contributed by atoms with E-state index in [0.29, 0.717) is 11.6 Å². The molecule has 0 unspecified atom stereocenters. The predicted octanol–water partition coefficient (Wildman–Crippen LogP) is 3.87. The summed E-state index contributed by atoms with van der Waals surface area (Å²) in [6.45, 7) is 2.21. The number of hydrogen-bond acceptors (Lipinski definition) is 3. The molecule has 1 aliphatic rings. The van der Waals surface area contributed by atoms with Gasteiger partial charge in [0.15, 0.2) is 6.10 Å². The molecule has 1 aliphatic heterocycles. The summed E-state index contributed by atoms with van der Waals surface area (Å²) in [5, 5.41) is 0.629. The fourth-order valence-electron chi connectivity index (χ4n) is 2.79. The zero-order chi connectivity index (χ0) is 17.8. The van der Waals surface area contributed by atoms with Gasteiger partial charge in [-0.3, -0.25) is 4.79 Å². The van der Waals surface area contributed by atoms with E-state index < -0.39 is 12.1 Å². The molecule has 0 aromatic heterocycles. The molecule has 0 aliphatic carbocycles. The topological polar surface area (TPSA) is 46.6 Å². The number of nitrogens with zero attached hydrogens (tertiary/aromatic N) is 1. The van der Waals surface area contributed by atoms with E-state index in [9.17, 15) is 9.59 Å². The van der Waals surface area contributed by atoms with Gasteiger partial charge in [0.2, 0.25) is 0 Å². The molecule has 1 heterocycles. The highest BCUT2D eigenvalue weighted by Gasteiger charge is 2.29. The average Bonchev–Trinajstić information content (AvgIpc) is 3.04. The standard InChI is InChI=1S/C20H18ClNO3/c1-14(20(24)22-13-12-16-4-2-3-5-18(16)22)25-19(23)11-8-15-6-9-17(21)10-7-15/h2-11,14H,12-13H2,1H3/b11-8+/t14-/m0/s1. The first-order valence-electron chi connectivity index (χ1n) is 8.08. The van der Waals surface area contributed by atoms with Crippen molar-refractivity contribution in [2.75, 3.05) is 11.4 Å². The molecule has 0 radical (unpaired) electrons. The Kier molecular flexibility index (Phi) is 5.19. The zero-order valence-electron chi connectivity index (χ0n) is 13.8. The van der Waals surface area contributed by atoms with Crippen molar-refractivity contribution in [3.63, 3.8) is 0 Å². The van der Waals surface area contributed by atoms with Crippen LogP contribution in [0.4, 0.5) is 5.69 Å². The first-order valence-corrected chi connectivity index (χ1v) is 8.46. The van der Waals surface area contributed by atoms with Gasteiger partial charge in [0.05, 0.1) is 0 Å². The maximum Gasteiger partial charge on any atom is 0.331 e. The minimum absolute atomic E-state index is 0.210. The lowest BCUT2D eigenvalue weighted by Crippen LogP contribution is -2.38. The van der Waals surface area contributed by atoms with Crippen LogP contribution in [0.2, 0.25) is 5.02 Å². The largest absolute Gasteiger partial charge is 0.449 e. The lowest BCUT2D eigenvalue weighted by atomic mass is 10.2. The van der Waals surface area contributed by atoms with Gasteiger partial charge in [-0.1, -0.05) is 41.9 Å². The molecule has 0 fully saturated rings. The average molecular weight is 356 g/mol. The highest BCUT2D eigenvalue weighted by molar-refractivity contribution is 6.30. The summed E-state index contributed by atoms with van der Waals surface area (Å²) in [4.78, 5) is 26.2. The summed E-state index contributed by atoms with van der Waals surface area (Å²) in [7, 11) is 0. The Morgan fingerprint density at radius 2 is 1.88 bits per heavy atom. The van der Waals surface area contributed by atoms with Gasteiger partial charge in [-0.25, -0.2) is 4.79 Å². The van der Waals surface area contributed by atoms with E-state index in [1.807, 2.05) is 24.3 Å². The molecule has 0 saturated carbocycles. The van der Waals surface area contributed by atoms with E-state index in [0.717, 1.165) is 23.2 Å². The highest BCUT2D eigenvalue weighted by atomic mass is 35.5. The van der Waals surface area contributed by atoms with Gasteiger partial charge in [0.1, 0.15) is 0 Å². The second-order valence-corrected chi connectivity index (χ2v) is 6.27. The molecule has 5 heteroatoms. The van der Waals surface area contributed by atoms with Gasteiger partial charge < -0.3 is 9.64 Å². The van der Waals surface area contributed by atoms with Crippen LogP contribution in [-0.2, 0) is 20.7 Å². The van der Waals surface area contributed by atoms with Gasteiger partial charge in [0.25, 0.3) is 5.91 Å². The van der Waals surface area contributed by atoms with E-state index >= 15 is 0 Å². The Labute approximate surface area is 151 Å². The van der Waals surface area contributed by atoms with Gasteiger partial charge in [-0.05, 0) is 48.7 Å². The Balaban J connectivity index is 1.60. The van der Waals surface area contributed by atoms with Crippen LogP contribution in [0.1, 0.15) is 18.1 Å². The molecule has 3 rings (SSSR count). The number of halogens is 1. The number of fused-ring (bicyclic) bond motifs is 1. The number of hydrogen-bond donors (Lipinski definition) is 0. The molecule has 0 N–H and O–H groups in total. The van der Waals surface area contributed by atoms with Crippen LogP contribution in [0.3, 0.4) is 0 Å². The zero-order valence-corrected chi connectivity index (χ0v) is 14.6. The molecule has 0 spiro atoms. The van der Waals surface area contributed by atoms with Crippen molar-refractivity contribution in [2.45, 2.75) is 19.4 Å². The van der Waals surface area contributed by atoms with Crippen LogP contribution in [0, 0.1) is 0 Å². The van der Waals surface area contributed by atoms with Gasteiger partial charge in [-0.15, -0.1) is 0 Å². The number of carbonyl (C=O) groups is 2. The number of para-hydroxylation sites is 1. The third-order valence-electron chi connectivity index (χ3n) is 4.08. The maximum atomic E-state index is 12.6. The minimum atomic E-state index is -0.839. The van der Waals surface area contributed by atoms with Crippen molar-refractivity contribution < 1.29 is 14.3 Å². The van der Waals surface area contributed by atoms with E-state index in [4.69, 9.17) is 16.3 Å². The van der Waals surface area contributed by atoms with Crippen molar-refractivity contribution in [3.8, 4) is 0 Å². The molecule has 2 aromatic carbocycles. The third kappa shape index (κ3) is 4.09. The van der Waals surface area contributed by atoms with E-state index in [-0.39, 0.29) is 5.91 Å². The predicted molar refractivity (Wildman–Crippen MR) is 98.5 cm³/mol. The van der Waals surface area contributed by atoms with E-state index in [2.05, 4.69) is 0 Å². The van der Waals surface area contributed by atoms with Gasteiger partial charge >= 0.3 is 5.97 Å². The summed E-state index contributed by atoms with van der Waals surface area (Å²) in [6.07, 6.45) is 2.92. The normalized spacial score (nSPS) is 14.4. The third-order valence-corrected chi connectivity index (χ3v) is 4.33. The molecule has 1 amide bonds. The van der Waals surface area contributed by atoms with Crippen molar-refractivity contribution in [3.05, 3.63) is 70.8 Å². The number of anilines is 1. The number of carbonyl (C=O) groups excluding carboxylic acids is 2. The SMILES string of the molecule is C[C@H](OC(=O)/C=C/c1ccc(Cl)cc1)C(=O)N1CCc2ccccc21. The quantitative estimate of drug-likeness (QED) is 0.617. The Morgan fingerprint density at radius 3 is 2.64 bits per heavy atom. The van der Waals surface area contributed by atoms with Crippen LogP contribution in [-0.4, -0.2) is 24.5 Å². The fourth-order valence-corrected chi connectivity index (χ4v) is 2.91. The molecule has 4 nitrogen and oxygen atoms in total. The lowest BCUT2D eigenvalue weighted by molar-refractivity contribution is -0.149. The van der Waals surface area contributed by atoms with E-state index in [1.54, 1.807) is 42.2 Å². The van der Waals surface area contributed by atoms with Crippen molar-refractivity contribution >= 4 is 35.2 Å². The van der Waals surface area contributed by atoms with Crippen LogP contribution < -0.4 is 4.90 Å². The smallest absolute Gasteiger partial charge is 0.331 e. The molecule has 0 saturated heterocycles. The van der Waals surface area contributed by atoms with Crippen molar-refractivity contribution in [1.82, 2.24) is 0 Å². The molecular weight excluding hydrogens is 338 g/mol. The highest BCUT2D eigenvalue weighted by Crippen LogP contribution is 2.28. The molecule has 25 heavy (non-hydrogen) atoms.